The summed E-state index contributed by atoms with van der Waals surface area (Å²) in [7, 11) is 0. The van der Waals surface area contributed by atoms with Crippen LogP contribution in [0.1, 0.15) is 41.4 Å². The maximum atomic E-state index is 12.9. The van der Waals surface area contributed by atoms with Gasteiger partial charge < -0.3 is 24.8 Å². The summed E-state index contributed by atoms with van der Waals surface area (Å²) in [6, 6.07) is 11.3. The lowest BCUT2D eigenvalue weighted by Crippen LogP contribution is -2.59. The molecule has 0 radical (unpaired) electrons. The average molecular weight is 436 g/mol. The van der Waals surface area contributed by atoms with Gasteiger partial charge in [-0.2, -0.15) is 0 Å². The molecular weight excluding hydrogens is 412 g/mol. The number of carboxylic acid groups (broad SMARTS) is 2. The Balaban J connectivity index is 1.75. The van der Waals surface area contributed by atoms with Crippen molar-refractivity contribution in [3.8, 4) is 0 Å². The highest BCUT2D eigenvalue weighted by atomic mass is 16.4. The number of carboxylic acids is 2. The maximum Gasteiger partial charge on any atom is 0.337 e. The lowest BCUT2D eigenvalue weighted by atomic mass is 9.82. The molecule has 1 aromatic heterocycles. The van der Waals surface area contributed by atoms with Crippen molar-refractivity contribution < 1.29 is 24.2 Å². The van der Waals surface area contributed by atoms with Crippen LogP contribution in [0.4, 0.5) is 11.6 Å². The SMILES string of the molecule is Cc1cc(C(C)Nc2ccccc2C(=O)O)c2oc(N3CC(C)(C(=O)O)C3)cc(=O)c2c1. The van der Waals surface area contributed by atoms with Crippen molar-refractivity contribution in [1.82, 2.24) is 0 Å². The van der Waals surface area contributed by atoms with Crippen LogP contribution >= 0.6 is 0 Å². The number of aryl methyl sites for hydroxylation is 1. The quantitative estimate of drug-likeness (QED) is 0.532. The standard InChI is InChI=1S/C24H24N2O6/c1-13-8-16(14(2)25-18-7-5-4-6-15(18)22(28)29)21-17(9-13)19(27)10-20(32-21)26-11-24(3,12-26)23(30)31/h4-10,14,25H,11-12H2,1-3H3,(H,28,29)(H,30,31). The number of benzene rings is 2. The van der Waals surface area contributed by atoms with E-state index >= 15 is 0 Å². The molecule has 166 valence electrons. The van der Waals surface area contributed by atoms with Crippen molar-refractivity contribution >= 4 is 34.5 Å². The summed E-state index contributed by atoms with van der Waals surface area (Å²) in [5, 5.41) is 22.5. The van der Waals surface area contributed by atoms with Gasteiger partial charge in [-0.25, -0.2) is 4.79 Å². The lowest BCUT2D eigenvalue weighted by molar-refractivity contribution is -0.149. The Kier molecular flexibility index (Phi) is 5.16. The van der Waals surface area contributed by atoms with E-state index in [4.69, 9.17) is 4.42 Å². The zero-order valence-corrected chi connectivity index (χ0v) is 18.0. The molecule has 0 spiro atoms. The molecule has 3 aromatic rings. The van der Waals surface area contributed by atoms with Crippen molar-refractivity contribution in [2.45, 2.75) is 26.8 Å². The zero-order chi connectivity index (χ0) is 23.2. The van der Waals surface area contributed by atoms with Crippen LogP contribution in [0.5, 0.6) is 0 Å². The number of aliphatic carboxylic acids is 1. The minimum atomic E-state index is -1.04. The van der Waals surface area contributed by atoms with Gasteiger partial charge in [-0.15, -0.1) is 0 Å². The maximum absolute atomic E-state index is 12.9. The van der Waals surface area contributed by atoms with Gasteiger partial charge in [0, 0.05) is 30.4 Å². The molecule has 0 saturated carbocycles. The van der Waals surface area contributed by atoms with Gasteiger partial charge in [-0.05, 0) is 44.5 Å². The molecule has 0 aliphatic carbocycles. The Morgan fingerprint density at radius 3 is 2.50 bits per heavy atom. The molecule has 1 saturated heterocycles. The predicted molar refractivity (Wildman–Crippen MR) is 121 cm³/mol. The first-order valence-electron chi connectivity index (χ1n) is 10.2. The Hall–Kier alpha value is -3.81. The van der Waals surface area contributed by atoms with Gasteiger partial charge in [0.15, 0.2) is 11.3 Å². The smallest absolute Gasteiger partial charge is 0.337 e. The number of para-hydroxylation sites is 1. The highest BCUT2D eigenvalue weighted by molar-refractivity contribution is 5.94. The lowest BCUT2D eigenvalue weighted by Gasteiger charge is -2.45. The van der Waals surface area contributed by atoms with Gasteiger partial charge in [0.1, 0.15) is 11.0 Å². The van der Waals surface area contributed by atoms with Gasteiger partial charge >= 0.3 is 11.9 Å². The number of nitrogens with one attached hydrogen (secondary N) is 1. The van der Waals surface area contributed by atoms with E-state index < -0.39 is 17.4 Å². The van der Waals surface area contributed by atoms with E-state index in [-0.39, 0.29) is 30.1 Å². The minimum absolute atomic E-state index is 0.145. The largest absolute Gasteiger partial charge is 0.481 e. The monoisotopic (exact) mass is 436 g/mol. The summed E-state index contributed by atoms with van der Waals surface area (Å²) < 4.78 is 6.12. The summed E-state index contributed by atoms with van der Waals surface area (Å²) in [5.41, 5.74) is 1.49. The van der Waals surface area contributed by atoms with Crippen LogP contribution in [0, 0.1) is 12.3 Å². The molecule has 4 rings (SSSR count). The van der Waals surface area contributed by atoms with Crippen LogP contribution in [0.25, 0.3) is 11.0 Å². The Labute approximate surface area is 184 Å². The van der Waals surface area contributed by atoms with E-state index in [0.717, 1.165) is 5.56 Å². The van der Waals surface area contributed by atoms with E-state index in [1.54, 1.807) is 36.1 Å². The van der Waals surface area contributed by atoms with Crippen molar-refractivity contribution in [2.24, 2.45) is 5.41 Å². The van der Waals surface area contributed by atoms with Crippen molar-refractivity contribution in [2.75, 3.05) is 23.3 Å². The Morgan fingerprint density at radius 2 is 1.84 bits per heavy atom. The third-order valence-corrected chi connectivity index (χ3v) is 5.89. The summed E-state index contributed by atoms with van der Waals surface area (Å²) in [4.78, 5) is 37.6. The molecule has 8 nitrogen and oxygen atoms in total. The van der Waals surface area contributed by atoms with Crippen molar-refractivity contribution in [3.63, 3.8) is 0 Å². The molecule has 2 heterocycles. The summed E-state index contributed by atoms with van der Waals surface area (Å²) in [6.45, 7) is 5.90. The number of carbonyl (C=O) groups is 2. The van der Waals surface area contributed by atoms with Gasteiger partial charge in [0.05, 0.1) is 17.0 Å². The highest BCUT2D eigenvalue weighted by Crippen LogP contribution is 2.36. The normalized spacial score (nSPS) is 15.8. The van der Waals surface area contributed by atoms with Crippen molar-refractivity contribution in [1.29, 1.82) is 0 Å². The molecule has 1 aliphatic rings. The minimum Gasteiger partial charge on any atom is -0.481 e. The highest BCUT2D eigenvalue weighted by Gasteiger charge is 2.46. The number of hydrogen-bond acceptors (Lipinski definition) is 6. The van der Waals surface area contributed by atoms with Crippen molar-refractivity contribution in [3.05, 3.63) is 69.4 Å². The second kappa shape index (κ2) is 7.71. The molecule has 2 aromatic carbocycles. The third-order valence-electron chi connectivity index (χ3n) is 5.89. The molecule has 1 unspecified atom stereocenters. The number of aromatic carboxylic acids is 1. The zero-order valence-electron chi connectivity index (χ0n) is 18.0. The molecule has 1 aliphatic heterocycles. The molecule has 8 heteroatoms. The van der Waals surface area contributed by atoms with Gasteiger partial charge in [0.2, 0.25) is 0 Å². The van der Waals surface area contributed by atoms with Crippen LogP contribution in [0.2, 0.25) is 0 Å². The van der Waals surface area contributed by atoms with E-state index in [1.807, 2.05) is 19.9 Å². The Morgan fingerprint density at radius 1 is 1.16 bits per heavy atom. The first-order valence-corrected chi connectivity index (χ1v) is 10.2. The van der Waals surface area contributed by atoms with E-state index in [2.05, 4.69) is 5.32 Å². The first kappa shape index (κ1) is 21.4. The second-order valence-electron chi connectivity index (χ2n) is 8.62. The van der Waals surface area contributed by atoms with Crippen LogP contribution in [0.15, 0.2) is 51.7 Å². The predicted octanol–water partition coefficient (Wildman–Crippen LogP) is 3.88. The van der Waals surface area contributed by atoms with E-state index in [0.29, 0.717) is 28.1 Å². The molecule has 3 N–H and O–H groups in total. The number of anilines is 2. The fourth-order valence-corrected chi connectivity index (χ4v) is 4.09. The number of hydrogen-bond donors (Lipinski definition) is 3. The number of nitrogens with zero attached hydrogens (tertiary/aromatic N) is 1. The van der Waals surface area contributed by atoms with E-state index in [1.165, 1.54) is 12.1 Å². The topological polar surface area (TPSA) is 120 Å². The summed E-state index contributed by atoms with van der Waals surface area (Å²) >= 11 is 0. The van der Waals surface area contributed by atoms with Crippen LogP contribution in [-0.2, 0) is 4.79 Å². The van der Waals surface area contributed by atoms with Crippen LogP contribution in [0.3, 0.4) is 0 Å². The van der Waals surface area contributed by atoms with E-state index in [9.17, 15) is 24.6 Å². The summed E-state index contributed by atoms with van der Waals surface area (Å²) in [6.07, 6.45) is 0. The number of fused-ring (bicyclic) bond motifs is 1. The summed E-state index contributed by atoms with van der Waals surface area (Å²) in [5.74, 6) is -1.60. The molecule has 0 amide bonds. The molecule has 0 bridgehead atoms. The molecule has 1 atom stereocenters. The third kappa shape index (κ3) is 3.68. The molecule has 32 heavy (non-hydrogen) atoms. The van der Waals surface area contributed by atoms with Gasteiger partial charge in [0.25, 0.3) is 0 Å². The van der Waals surface area contributed by atoms with Crippen LogP contribution in [-0.4, -0.2) is 35.2 Å². The fraction of sp³-hybridized carbons (Fsp3) is 0.292. The first-order chi connectivity index (χ1) is 15.1. The Bertz CT molecular complexity index is 1290. The molecule has 1 fully saturated rings. The van der Waals surface area contributed by atoms with Gasteiger partial charge in [-0.1, -0.05) is 18.2 Å². The molecular formula is C24H24N2O6. The van der Waals surface area contributed by atoms with Gasteiger partial charge in [-0.3, -0.25) is 9.59 Å². The average Bonchev–Trinajstić information content (AvgIpc) is 2.71. The second-order valence-corrected chi connectivity index (χ2v) is 8.62. The fourth-order valence-electron chi connectivity index (χ4n) is 4.09. The van der Waals surface area contributed by atoms with Crippen LogP contribution < -0.4 is 15.6 Å². The number of rotatable bonds is 6.